The van der Waals surface area contributed by atoms with Crippen molar-refractivity contribution in [2.45, 2.75) is 6.92 Å². The molecule has 0 spiro atoms. The molecular weight excluding hydrogens is 364 g/mol. The number of amides is 1. The van der Waals surface area contributed by atoms with Gasteiger partial charge in [-0.15, -0.1) is 0 Å². The molecular formula is C19H16N4O5. The summed E-state index contributed by atoms with van der Waals surface area (Å²) >= 11 is 0. The fraction of sp³-hybridized carbons (Fsp3) is 0.105. The van der Waals surface area contributed by atoms with Gasteiger partial charge in [0.05, 0.1) is 23.3 Å². The molecule has 3 rings (SSSR count). The van der Waals surface area contributed by atoms with E-state index in [0.717, 1.165) is 5.56 Å². The average Bonchev–Trinajstić information content (AvgIpc) is 3.19. The van der Waals surface area contributed by atoms with E-state index in [2.05, 4.69) is 15.2 Å². The smallest absolute Gasteiger partial charge is 0.337 e. The number of aromatic nitrogens is 2. The van der Waals surface area contributed by atoms with Crippen LogP contribution in [0.2, 0.25) is 0 Å². The van der Waals surface area contributed by atoms with Gasteiger partial charge in [0.25, 0.3) is 11.6 Å². The third kappa shape index (κ3) is 3.88. The molecule has 142 valence electrons. The Balaban J connectivity index is 1.79. The zero-order chi connectivity index (χ0) is 20.3. The summed E-state index contributed by atoms with van der Waals surface area (Å²) in [6.45, 7) is 1.80. The third-order valence-electron chi connectivity index (χ3n) is 4.05. The summed E-state index contributed by atoms with van der Waals surface area (Å²) in [6.07, 6.45) is 1.58. The lowest BCUT2D eigenvalue weighted by molar-refractivity contribution is -0.384. The van der Waals surface area contributed by atoms with Crippen molar-refractivity contribution in [3.8, 4) is 5.69 Å². The van der Waals surface area contributed by atoms with Crippen LogP contribution in [0.25, 0.3) is 5.69 Å². The molecule has 2 aromatic carbocycles. The summed E-state index contributed by atoms with van der Waals surface area (Å²) in [7, 11) is 1.28. The largest absolute Gasteiger partial charge is 0.465 e. The van der Waals surface area contributed by atoms with Crippen LogP contribution < -0.4 is 5.32 Å². The second-order valence-electron chi connectivity index (χ2n) is 5.89. The van der Waals surface area contributed by atoms with Gasteiger partial charge in [0.1, 0.15) is 0 Å². The lowest BCUT2D eigenvalue weighted by Gasteiger charge is -2.09. The van der Waals surface area contributed by atoms with Gasteiger partial charge in [-0.05, 0) is 42.8 Å². The van der Waals surface area contributed by atoms with Crippen LogP contribution in [-0.2, 0) is 4.74 Å². The van der Waals surface area contributed by atoms with Crippen LogP contribution in [-0.4, -0.2) is 33.7 Å². The van der Waals surface area contributed by atoms with Crippen molar-refractivity contribution in [3.05, 3.63) is 81.7 Å². The Hall–Kier alpha value is -4.01. The van der Waals surface area contributed by atoms with E-state index in [-0.39, 0.29) is 11.4 Å². The molecule has 3 aromatic rings. The lowest BCUT2D eigenvalue weighted by Crippen LogP contribution is -2.15. The summed E-state index contributed by atoms with van der Waals surface area (Å²) in [4.78, 5) is 34.4. The number of esters is 1. The summed E-state index contributed by atoms with van der Waals surface area (Å²) in [5.74, 6) is -0.955. The van der Waals surface area contributed by atoms with Crippen molar-refractivity contribution in [1.29, 1.82) is 0 Å². The summed E-state index contributed by atoms with van der Waals surface area (Å²) < 4.78 is 6.13. The lowest BCUT2D eigenvalue weighted by atomic mass is 10.1. The molecule has 0 unspecified atom stereocenters. The number of methoxy groups -OCH3 is 1. The van der Waals surface area contributed by atoms with Gasteiger partial charge >= 0.3 is 5.97 Å². The second-order valence-corrected chi connectivity index (χ2v) is 5.89. The normalized spacial score (nSPS) is 10.4. The van der Waals surface area contributed by atoms with Gasteiger partial charge in [-0.1, -0.05) is 6.07 Å². The summed E-state index contributed by atoms with van der Waals surface area (Å²) in [5, 5.41) is 17.7. The highest BCUT2D eigenvalue weighted by atomic mass is 16.6. The first kappa shape index (κ1) is 18.8. The number of carbonyl (C=O) groups excluding carboxylic acids is 2. The van der Waals surface area contributed by atoms with E-state index in [9.17, 15) is 19.7 Å². The van der Waals surface area contributed by atoms with Crippen LogP contribution in [0, 0.1) is 17.0 Å². The molecule has 1 aromatic heterocycles. The van der Waals surface area contributed by atoms with Crippen molar-refractivity contribution < 1.29 is 19.2 Å². The number of rotatable bonds is 5. The molecule has 0 atom stereocenters. The van der Waals surface area contributed by atoms with Crippen molar-refractivity contribution in [2.75, 3.05) is 12.4 Å². The molecule has 1 heterocycles. The Morgan fingerprint density at radius 2 is 1.86 bits per heavy atom. The fourth-order valence-corrected chi connectivity index (χ4v) is 2.50. The van der Waals surface area contributed by atoms with Crippen LogP contribution in [0.1, 0.15) is 26.4 Å². The first-order valence-corrected chi connectivity index (χ1v) is 8.20. The monoisotopic (exact) mass is 380 g/mol. The number of nitrogens with zero attached hydrogens (tertiary/aromatic N) is 3. The second kappa shape index (κ2) is 7.70. The number of aryl methyl sites for hydroxylation is 1. The minimum absolute atomic E-state index is 0.0326. The van der Waals surface area contributed by atoms with E-state index < -0.39 is 16.8 Å². The zero-order valence-corrected chi connectivity index (χ0v) is 15.1. The molecule has 0 saturated heterocycles. The van der Waals surface area contributed by atoms with Crippen molar-refractivity contribution in [2.24, 2.45) is 0 Å². The fourth-order valence-electron chi connectivity index (χ4n) is 2.50. The Kier molecular flexibility index (Phi) is 5.16. The maximum absolute atomic E-state index is 12.5. The van der Waals surface area contributed by atoms with Crippen LogP contribution in [0.5, 0.6) is 0 Å². The number of hydrogen-bond acceptors (Lipinski definition) is 6. The Labute approximate surface area is 159 Å². The number of benzene rings is 2. The number of carbonyl (C=O) groups is 2. The zero-order valence-electron chi connectivity index (χ0n) is 15.1. The first-order chi connectivity index (χ1) is 13.4. The topological polar surface area (TPSA) is 116 Å². The Bertz CT molecular complexity index is 1060. The molecule has 1 N–H and O–H groups in total. The highest BCUT2D eigenvalue weighted by molar-refractivity contribution is 6.04. The molecule has 0 aliphatic rings. The molecule has 9 heteroatoms. The number of nitro benzene ring substituents is 1. The van der Waals surface area contributed by atoms with Crippen LogP contribution in [0.4, 0.5) is 11.4 Å². The molecule has 0 aliphatic heterocycles. The van der Waals surface area contributed by atoms with Crippen LogP contribution >= 0.6 is 0 Å². The number of hydrogen-bond donors (Lipinski definition) is 1. The average molecular weight is 380 g/mol. The van der Waals surface area contributed by atoms with Gasteiger partial charge in [-0.25, -0.2) is 9.48 Å². The molecule has 0 fully saturated rings. The minimum Gasteiger partial charge on any atom is -0.465 e. The highest BCUT2D eigenvalue weighted by Gasteiger charge is 2.14. The summed E-state index contributed by atoms with van der Waals surface area (Å²) in [6, 6.07) is 12.2. The quantitative estimate of drug-likeness (QED) is 0.413. The van der Waals surface area contributed by atoms with Gasteiger partial charge in [-0.3, -0.25) is 14.9 Å². The third-order valence-corrected chi connectivity index (χ3v) is 4.05. The van der Waals surface area contributed by atoms with Gasteiger partial charge in [-0.2, -0.15) is 5.10 Å². The number of ether oxygens (including phenoxy) is 1. The molecule has 0 aliphatic carbocycles. The molecule has 0 bridgehead atoms. The maximum Gasteiger partial charge on any atom is 0.337 e. The van der Waals surface area contributed by atoms with E-state index >= 15 is 0 Å². The van der Waals surface area contributed by atoms with E-state index in [0.29, 0.717) is 16.9 Å². The SMILES string of the molecule is COC(=O)c1ccc(C)c(NC(=O)c2ccn(-c3ccc([N+](=O)[O-])cc3)n2)c1. The summed E-state index contributed by atoms with van der Waals surface area (Å²) in [5.41, 5.74) is 2.26. The van der Waals surface area contributed by atoms with Gasteiger partial charge in [0.15, 0.2) is 5.69 Å². The number of nitrogens with one attached hydrogen (secondary N) is 1. The predicted octanol–water partition coefficient (Wildman–Crippen LogP) is 3.13. The van der Waals surface area contributed by atoms with Gasteiger partial charge in [0.2, 0.25) is 0 Å². The van der Waals surface area contributed by atoms with Crippen LogP contribution in [0.15, 0.2) is 54.7 Å². The number of anilines is 1. The number of nitro groups is 1. The standard InChI is InChI=1S/C19H16N4O5/c1-12-3-4-13(19(25)28-2)11-17(12)20-18(24)16-9-10-22(21-16)14-5-7-15(8-6-14)23(26)27/h3-11H,1-2H3,(H,20,24). The predicted molar refractivity (Wildman–Crippen MR) is 101 cm³/mol. The minimum atomic E-state index is -0.502. The van der Waals surface area contributed by atoms with Crippen molar-refractivity contribution >= 4 is 23.3 Å². The van der Waals surface area contributed by atoms with E-state index in [1.165, 1.54) is 48.2 Å². The Morgan fingerprint density at radius 3 is 2.50 bits per heavy atom. The van der Waals surface area contributed by atoms with E-state index in [1.807, 2.05) is 0 Å². The number of non-ortho nitro benzene ring substituents is 1. The molecule has 28 heavy (non-hydrogen) atoms. The molecule has 0 radical (unpaired) electrons. The molecule has 9 nitrogen and oxygen atoms in total. The van der Waals surface area contributed by atoms with Crippen molar-refractivity contribution in [3.63, 3.8) is 0 Å². The molecule has 0 saturated carbocycles. The highest BCUT2D eigenvalue weighted by Crippen LogP contribution is 2.19. The van der Waals surface area contributed by atoms with E-state index in [1.54, 1.807) is 25.3 Å². The van der Waals surface area contributed by atoms with Crippen LogP contribution in [0.3, 0.4) is 0 Å². The van der Waals surface area contributed by atoms with E-state index in [4.69, 9.17) is 0 Å². The maximum atomic E-state index is 12.5. The van der Waals surface area contributed by atoms with Crippen molar-refractivity contribution in [1.82, 2.24) is 9.78 Å². The first-order valence-electron chi connectivity index (χ1n) is 8.20. The Morgan fingerprint density at radius 1 is 1.14 bits per heavy atom. The van der Waals surface area contributed by atoms with Gasteiger partial charge < -0.3 is 10.1 Å². The van der Waals surface area contributed by atoms with Gasteiger partial charge in [0, 0.05) is 24.0 Å². The molecule has 1 amide bonds.